The van der Waals surface area contributed by atoms with Crippen LogP contribution in [0.3, 0.4) is 0 Å². The lowest BCUT2D eigenvalue weighted by Gasteiger charge is -2.27. The molecule has 2 heterocycles. The maximum absolute atomic E-state index is 13.1. The van der Waals surface area contributed by atoms with Gasteiger partial charge in [0.05, 0.1) is 0 Å². The first-order valence-electron chi connectivity index (χ1n) is 11.8. The normalized spacial score (nSPS) is 16.6. The lowest BCUT2D eigenvalue weighted by atomic mass is 9.82. The van der Waals surface area contributed by atoms with E-state index in [1.807, 2.05) is 27.7 Å². The molecule has 0 saturated carbocycles. The predicted molar refractivity (Wildman–Crippen MR) is 126 cm³/mol. The number of carbonyl (C=O) groups is 2. The molecule has 35 heavy (non-hydrogen) atoms. The van der Waals surface area contributed by atoms with Crippen LogP contribution in [0.2, 0.25) is 0 Å². The third-order valence-electron chi connectivity index (χ3n) is 6.17. The van der Waals surface area contributed by atoms with Crippen LogP contribution in [0.5, 0.6) is 23.0 Å². The number of carbonyl (C=O) groups excluding carboxylic acids is 2. The Hall–Kier alpha value is -3.42. The molecule has 0 spiro atoms. The smallest absolute Gasteiger partial charge is 0.323 e. The third-order valence-corrected chi connectivity index (χ3v) is 6.17. The summed E-state index contributed by atoms with van der Waals surface area (Å²) in [6.45, 7) is 10.8. The molecule has 2 aromatic rings. The molecule has 8 heteroatoms. The van der Waals surface area contributed by atoms with Gasteiger partial charge in [0.25, 0.3) is 0 Å². The van der Waals surface area contributed by atoms with Crippen LogP contribution >= 0.6 is 0 Å². The van der Waals surface area contributed by atoms with Crippen LogP contribution in [0, 0.1) is 5.41 Å². The van der Waals surface area contributed by atoms with E-state index in [1.165, 1.54) is 0 Å². The number of fused-ring (bicyclic) bond motifs is 2. The van der Waals surface area contributed by atoms with E-state index in [9.17, 15) is 9.59 Å². The summed E-state index contributed by atoms with van der Waals surface area (Å²) < 4.78 is 34.0. The summed E-state index contributed by atoms with van der Waals surface area (Å²) in [5, 5.41) is 0. The first-order chi connectivity index (χ1) is 16.5. The molecule has 2 aliphatic rings. The maximum atomic E-state index is 13.1. The van der Waals surface area contributed by atoms with Crippen LogP contribution in [0.25, 0.3) is 0 Å². The van der Waals surface area contributed by atoms with Gasteiger partial charge in [-0.2, -0.15) is 0 Å². The van der Waals surface area contributed by atoms with Gasteiger partial charge in [-0.3, -0.25) is 9.59 Å². The summed E-state index contributed by atoms with van der Waals surface area (Å²) in [6, 6.07) is 10.7. The second-order valence-electron chi connectivity index (χ2n) is 9.71. The van der Waals surface area contributed by atoms with E-state index in [-0.39, 0.29) is 26.1 Å². The molecule has 0 atom stereocenters. The van der Waals surface area contributed by atoms with E-state index in [4.69, 9.17) is 28.4 Å². The highest BCUT2D eigenvalue weighted by atomic mass is 16.7. The van der Waals surface area contributed by atoms with Gasteiger partial charge in [0, 0.05) is 27.7 Å². The van der Waals surface area contributed by atoms with Crippen LogP contribution in [0.15, 0.2) is 36.4 Å². The molecule has 2 aliphatic heterocycles. The van der Waals surface area contributed by atoms with Crippen LogP contribution in [-0.4, -0.2) is 23.5 Å². The number of ether oxygens (including phenoxy) is 6. The molecule has 2 aromatic carbocycles. The minimum Gasteiger partial charge on any atom is -0.460 e. The maximum Gasteiger partial charge on any atom is 0.323 e. The number of rotatable bonds is 8. The molecule has 188 valence electrons. The molecule has 4 rings (SSSR count). The molecule has 8 nitrogen and oxygen atoms in total. The average Bonchev–Trinajstić information content (AvgIpc) is 3.28. The number of esters is 2. The van der Waals surface area contributed by atoms with Crippen LogP contribution in [-0.2, 0) is 32.3 Å². The van der Waals surface area contributed by atoms with E-state index in [0.717, 1.165) is 11.1 Å². The Balaban J connectivity index is 1.39. The third kappa shape index (κ3) is 5.01. The van der Waals surface area contributed by atoms with E-state index in [1.54, 1.807) is 50.2 Å². The quantitative estimate of drug-likeness (QED) is 0.369. The van der Waals surface area contributed by atoms with E-state index in [0.29, 0.717) is 23.0 Å². The Kier molecular flexibility index (Phi) is 6.34. The largest absolute Gasteiger partial charge is 0.460 e. The standard InChI is InChI=1S/C27H32O8/c1-7-27(8-2,23(28)30-15-17-9-11-19-21(13-17)34-25(3,4)32-19)24(29)31-16-18-10-12-20-22(14-18)35-26(5,6)33-20/h9-14H,7-8,15-16H2,1-6H3. The molecule has 0 bridgehead atoms. The number of hydrogen-bond donors (Lipinski definition) is 0. The van der Waals surface area contributed by atoms with Crippen molar-refractivity contribution in [3.8, 4) is 23.0 Å². The van der Waals surface area contributed by atoms with E-state index < -0.39 is 28.9 Å². The lowest BCUT2D eigenvalue weighted by molar-refractivity contribution is -0.175. The van der Waals surface area contributed by atoms with Crippen LogP contribution in [0.4, 0.5) is 0 Å². The van der Waals surface area contributed by atoms with Gasteiger partial charge < -0.3 is 28.4 Å². The fraction of sp³-hybridized carbons (Fsp3) is 0.481. The fourth-order valence-corrected chi connectivity index (χ4v) is 4.20. The van der Waals surface area contributed by atoms with Gasteiger partial charge in [0.15, 0.2) is 28.4 Å². The summed E-state index contributed by atoms with van der Waals surface area (Å²) in [6.07, 6.45) is 0.512. The van der Waals surface area contributed by atoms with Crippen molar-refractivity contribution in [3.05, 3.63) is 47.5 Å². The lowest BCUT2D eigenvalue weighted by Crippen LogP contribution is -2.41. The SMILES string of the molecule is CCC(CC)(C(=O)OCc1ccc2c(c1)OC(C)(C)O2)C(=O)OCc1ccc2c(c1)OC(C)(C)O2. The highest BCUT2D eigenvalue weighted by Gasteiger charge is 2.46. The minimum atomic E-state index is -1.39. The summed E-state index contributed by atoms with van der Waals surface area (Å²) >= 11 is 0. The second-order valence-corrected chi connectivity index (χ2v) is 9.71. The Bertz CT molecular complexity index is 1040. The van der Waals surface area contributed by atoms with Crippen molar-refractivity contribution < 1.29 is 38.0 Å². The molecule has 0 amide bonds. The number of benzene rings is 2. The van der Waals surface area contributed by atoms with Crippen molar-refractivity contribution in [3.63, 3.8) is 0 Å². The zero-order valence-electron chi connectivity index (χ0n) is 21.1. The molecule has 0 radical (unpaired) electrons. The van der Waals surface area contributed by atoms with Gasteiger partial charge in [-0.15, -0.1) is 0 Å². The Labute approximate surface area is 205 Å². The van der Waals surface area contributed by atoms with Crippen molar-refractivity contribution in [1.82, 2.24) is 0 Å². The zero-order valence-corrected chi connectivity index (χ0v) is 21.1. The fourth-order valence-electron chi connectivity index (χ4n) is 4.20. The van der Waals surface area contributed by atoms with E-state index >= 15 is 0 Å². The summed E-state index contributed by atoms with van der Waals surface area (Å²) in [4.78, 5) is 26.2. The zero-order chi connectivity index (χ0) is 25.4. The minimum absolute atomic E-state index is 0.00286. The topological polar surface area (TPSA) is 89.5 Å². The molecule has 0 fully saturated rings. The van der Waals surface area contributed by atoms with Crippen molar-refractivity contribution >= 4 is 11.9 Å². The molecular weight excluding hydrogens is 452 g/mol. The van der Waals surface area contributed by atoms with Crippen molar-refractivity contribution in [2.75, 3.05) is 0 Å². The first kappa shape index (κ1) is 24.7. The first-order valence-corrected chi connectivity index (χ1v) is 11.8. The van der Waals surface area contributed by atoms with E-state index in [2.05, 4.69) is 0 Å². The summed E-state index contributed by atoms with van der Waals surface area (Å²) in [5.41, 5.74) is 0.0729. The van der Waals surface area contributed by atoms with Gasteiger partial charge in [0.2, 0.25) is 11.6 Å². The van der Waals surface area contributed by atoms with Crippen molar-refractivity contribution in [2.45, 2.75) is 79.2 Å². The average molecular weight is 485 g/mol. The van der Waals surface area contributed by atoms with Gasteiger partial charge in [-0.05, 0) is 48.2 Å². The highest BCUT2D eigenvalue weighted by molar-refractivity contribution is 6.00. The summed E-state index contributed by atoms with van der Waals surface area (Å²) in [5.74, 6) is -0.255. The van der Waals surface area contributed by atoms with Gasteiger partial charge in [-0.1, -0.05) is 26.0 Å². The predicted octanol–water partition coefficient (Wildman–Crippen LogP) is 5.29. The second kappa shape index (κ2) is 8.98. The molecule has 0 saturated heterocycles. The van der Waals surface area contributed by atoms with Crippen LogP contribution < -0.4 is 18.9 Å². The van der Waals surface area contributed by atoms with Crippen LogP contribution in [0.1, 0.15) is 65.5 Å². The monoisotopic (exact) mass is 484 g/mol. The Morgan fingerprint density at radius 3 is 1.43 bits per heavy atom. The highest BCUT2D eigenvalue weighted by Crippen LogP contribution is 2.41. The molecule has 0 aliphatic carbocycles. The Morgan fingerprint density at radius 2 is 1.06 bits per heavy atom. The van der Waals surface area contributed by atoms with Crippen molar-refractivity contribution in [2.24, 2.45) is 5.41 Å². The molecule has 0 aromatic heterocycles. The molecule has 0 unspecified atom stereocenters. The van der Waals surface area contributed by atoms with Gasteiger partial charge >= 0.3 is 11.9 Å². The molecular formula is C27H32O8. The van der Waals surface area contributed by atoms with Crippen molar-refractivity contribution in [1.29, 1.82) is 0 Å². The molecule has 0 N–H and O–H groups in total. The summed E-state index contributed by atoms with van der Waals surface area (Å²) in [7, 11) is 0. The Morgan fingerprint density at radius 1 is 0.686 bits per heavy atom. The van der Waals surface area contributed by atoms with Gasteiger partial charge in [0.1, 0.15) is 13.2 Å². The number of hydrogen-bond acceptors (Lipinski definition) is 8. The van der Waals surface area contributed by atoms with Gasteiger partial charge in [-0.25, -0.2) is 0 Å².